The molecule has 21 heavy (non-hydrogen) atoms. The van der Waals surface area contributed by atoms with Crippen LogP contribution < -0.4 is 5.73 Å². The third-order valence-corrected chi connectivity index (χ3v) is 5.18. The molecule has 4 heteroatoms. The number of halogens is 1. The number of carbonyl (C=O) groups is 1. The highest BCUT2D eigenvalue weighted by Gasteiger charge is 2.32. The van der Waals surface area contributed by atoms with Crippen LogP contribution in [-0.4, -0.2) is 29.9 Å². The van der Waals surface area contributed by atoms with Gasteiger partial charge in [-0.05, 0) is 72.8 Å². The lowest BCUT2D eigenvalue weighted by Crippen LogP contribution is -2.48. The fraction of sp³-hybridized carbons (Fsp3) is 0.588. The quantitative estimate of drug-likeness (QED) is 0.896. The van der Waals surface area contributed by atoms with Gasteiger partial charge >= 0.3 is 0 Å². The summed E-state index contributed by atoms with van der Waals surface area (Å²) in [5.41, 5.74) is 7.83. The van der Waals surface area contributed by atoms with E-state index in [0.29, 0.717) is 12.5 Å². The molecule has 0 aliphatic heterocycles. The van der Waals surface area contributed by atoms with Crippen LogP contribution in [-0.2, 0) is 0 Å². The number of rotatable bonds is 4. The third-order valence-electron chi connectivity index (χ3n) is 4.53. The minimum atomic E-state index is 0.120. The number of amides is 1. The van der Waals surface area contributed by atoms with Crippen LogP contribution >= 0.6 is 15.9 Å². The van der Waals surface area contributed by atoms with Gasteiger partial charge in [-0.25, -0.2) is 0 Å². The van der Waals surface area contributed by atoms with Crippen LogP contribution in [0.4, 0.5) is 0 Å². The van der Waals surface area contributed by atoms with Crippen LogP contribution in [0.15, 0.2) is 22.7 Å². The number of hydrogen-bond acceptors (Lipinski definition) is 2. The number of hydrogen-bond donors (Lipinski definition) is 1. The normalized spacial score (nSPS) is 22.1. The molecule has 1 amide bonds. The van der Waals surface area contributed by atoms with Crippen molar-refractivity contribution < 1.29 is 4.79 Å². The highest BCUT2D eigenvalue weighted by Crippen LogP contribution is 2.30. The lowest BCUT2D eigenvalue weighted by Gasteiger charge is -2.39. The Bertz CT molecular complexity index is 504. The van der Waals surface area contributed by atoms with E-state index in [1.807, 2.05) is 30.0 Å². The molecule has 0 bridgehead atoms. The van der Waals surface area contributed by atoms with Crippen molar-refractivity contribution in [1.82, 2.24) is 4.90 Å². The summed E-state index contributed by atoms with van der Waals surface area (Å²) in [4.78, 5) is 14.9. The molecule has 0 spiro atoms. The van der Waals surface area contributed by atoms with Crippen molar-refractivity contribution in [3.63, 3.8) is 0 Å². The molecule has 1 aromatic rings. The van der Waals surface area contributed by atoms with Gasteiger partial charge in [0.2, 0.25) is 0 Å². The van der Waals surface area contributed by atoms with Crippen molar-refractivity contribution in [1.29, 1.82) is 0 Å². The fourth-order valence-electron chi connectivity index (χ4n) is 3.35. The molecule has 1 aliphatic carbocycles. The standard InChI is InChI=1S/C17H25BrN2O/c1-3-20(16-7-5-4-6-13(16)11-19)17(21)14-9-8-12(2)10-15(14)18/h8-10,13,16H,3-7,11,19H2,1-2H3. The van der Waals surface area contributed by atoms with Crippen molar-refractivity contribution in [3.05, 3.63) is 33.8 Å². The fourth-order valence-corrected chi connectivity index (χ4v) is 4.01. The average Bonchev–Trinajstić information content (AvgIpc) is 2.48. The molecule has 1 aliphatic rings. The molecule has 116 valence electrons. The second kappa shape index (κ2) is 7.41. The van der Waals surface area contributed by atoms with E-state index in [1.165, 1.54) is 12.8 Å². The van der Waals surface area contributed by atoms with Gasteiger partial charge in [0.05, 0.1) is 5.56 Å². The van der Waals surface area contributed by atoms with Gasteiger partial charge in [-0.15, -0.1) is 0 Å². The number of nitrogens with two attached hydrogens (primary N) is 1. The Kier molecular flexibility index (Phi) is 5.82. The topological polar surface area (TPSA) is 46.3 Å². The van der Waals surface area contributed by atoms with Crippen LogP contribution in [0, 0.1) is 12.8 Å². The molecule has 3 nitrogen and oxygen atoms in total. The Hall–Kier alpha value is -0.870. The summed E-state index contributed by atoms with van der Waals surface area (Å²) in [6, 6.07) is 6.20. The monoisotopic (exact) mass is 352 g/mol. The maximum Gasteiger partial charge on any atom is 0.255 e. The minimum absolute atomic E-state index is 0.120. The van der Waals surface area contributed by atoms with E-state index >= 15 is 0 Å². The molecule has 1 saturated carbocycles. The Morgan fingerprint density at radius 2 is 2.10 bits per heavy atom. The van der Waals surface area contributed by atoms with E-state index in [1.54, 1.807) is 0 Å². The van der Waals surface area contributed by atoms with Gasteiger partial charge in [0.15, 0.2) is 0 Å². The van der Waals surface area contributed by atoms with Crippen LogP contribution in [0.5, 0.6) is 0 Å². The molecule has 2 atom stereocenters. The number of benzene rings is 1. The smallest absolute Gasteiger partial charge is 0.255 e. The molecule has 2 unspecified atom stereocenters. The zero-order chi connectivity index (χ0) is 15.4. The van der Waals surface area contributed by atoms with Crippen LogP contribution in [0.2, 0.25) is 0 Å². The van der Waals surface area contributed by atoms with Crippen LogP contribution in [0.25, 0.3) is 0 Å². The van der Waals surface area contributed by atoms with Crippen LogP contribution in [0.1, 0.15) is 48.5 Å². The van der Waals surface area contributed by atoms with E-state index in [-0.39, 0.29) is 11.9 Å². The molecule has 2 rings (SSSR count). The summed E-state index contributed by atoms with van der Waals surface area (Å²) >= 11 is 3.53. The number of carbonyl (C=O) groups excluding carboxylic acids is 1. The first-order chi connectivity index (χ1) is 10.1. The van der Waals surface area contributed by atoms with Gasteiger partial charge in [0, 0.05) is 17.1 Å². The largest absolute Gasteiger partial charge is 0.336 e. The van der Waals surface area contributed by atoms with E-state index < -0.39 is 0 Å². The molecule has 2 N–H and O–H groups in total. The van der Waals surface area contributed by atoms with Gasteiger partial charge in [-0.1, -0.05) is 18.9 Å². The van der Waals surface area contributed by atoms with Crippen LogP contribution in [0.3, 0.4) is 0 Å². The average molecular weight is 353 g/mol. The minimum Gasteiger partial charge on any atom is -0.336 e. The first-order valence-electron chi connectivity index (χ1n) is 7.85. The zero-order valence-electron chi connectivity index (χ0n) is 12.9. The van der Waals surface area contributed by atoms with E-state index in [9.17, 15) is 4.79 Å². The number of aryl methyl sites for hydroxylation is 1. The molecular formula is C17H25BrN2O. The molecule has 0 aromatic heterocycles. The highest BCUT2D eigenvalue weighted by molar-refractivity contribution is 9.10. The molecule has 0 saturated heterocycles. The second-order valence-electron chi connectivity index (χ2n) is 5.92. The number of nitrogens with zero attached hydrogens (tertiary/aromatic N) is 1. The molecule has 0 heterocycles. The molecule has 1 fully saturated rings. The van der Waals surface area contributed by atoms with Gasteiger partial charge in [0.1, 0.15) is 0 Å². The van der Waals surface area contributed by atoms with Gasteiger partial charge in [-0.3, -0.25) is 4.79 Å². The van der Waals surface area contributed by atoms with Crippen molar-refractivity contribution in [2.24, 2.45) is 11.7 Å². The summed E-state index contributed by atoms with van der Waals surface area (Å²) in [6.07, 6.45) is 4.64. The van der Waals surface area contributed by atoms with Crippen molar-refractivity contribution in [2.45, 2.75) is 45.6 Å². The molecule has 0 radical (unpaired) electrons. The van der Waals surface area contributed by atoms with Gasteiger partial charge in [-0.2, -0.15) is 0 Å². The summed E-state index contributed by atoms with van der Waals surface area (Å²) in [5.74, 6) is 0.557. The van der Waals surface area contributed by atoms with E-state index in [2.05, 4.69) is 22.9 Å². The van der Waals surface area contributed by atoms with E-state index in [4.69, 9.17) is 5.73 Å². The van der Waals surface area contributed by atoms with Gasteiger partial charge in [0.25, 0.3) is 5.91 Å². The lowest BCUT2D eigenvalue weighted by atomic mass is 9.83. The first kappa shape index (κ1) is 16.5. The molecule has 1 aromatic carbocycles. The highest BCUT2D eigenvalue weighted by atomic mass is 79.9. The Balaban J connectivity index is 2.25. The van der Waals surface area contributed by atoms with Crippen molar-refractivity contribution >= 4 is 21.8 Å². The predicted molar refractivity (Wildman–Crippen MR) is 90.4 cm³/mol. The Morgan fingerprint density at radius 3 is 2.71 bits per heavy atom. The summed E-state index contributed by atoms with van der Waals surface area (Å²) in [5, 5.41) is 0. The first-order valence-corrected chi connectivity index (χ1v) is 8.65. The Labute approximate surface area is 136 Å². The SMILES string of the molecule is CCN(C(=O)c1ccc(C)cc1Br)C1CCCCC1CN. The third kappa shape index (κ3) is 3.67. The zero-order valence-corrected chi connectivity index (χ0v) is 14.5. The van der Waals surface area contributed by atoms with E-state index in [0.717, 1.165) is 35.0 Å². The van der Waals surface area contributed by atoms with Crippen molar-refractivity contribution in [2.75, 3.05) is 13.1 Å². The molecular weight excluding hydrogens is 328 g/mol. The predicted octanol–water partition coefficient (Wildman–Crippen LogP) is 3.74. The maximum absolute atomic E-state index is 12.9. The summed E-state index contributed by atoms with van der Waals surface area (Å²) < 4.78 is 0.881. The summed E-state index contributed by atoms with van der Waals surface area (Å²) in [6.45, 7) is 5.49. The summed E-state index contributed by atoms with van der Waals surface area (Å²) in [7, 11) is 0. The van der Waals surface area contributed by atoms with Crippen molar-refractivity contribution in [3.8, 4) is 0 Å². The lowest BCUT2D eigenvalue weighted by molar-refractivity contribution is 0.0559. The second-order valence-corrected chi connectivity index (χ2v) is 6.78. The van der Waals surface area contributed by atoms with Gasteiger partial charge < -0.3 is 10.6 Å². The maximum atomic E-state index is 12.9. The Morgan fingerprint density at radius 1 is 1.38 bits per heavy atom.